The molecule has 7 aromatic carbocycles. The van der Waals surface area contributed by atoms with Crippen molar-refractivity contribution in [2.45, 2.75) is 64.7 Å². The monoisotopic (exact) mass is 685 g/mol. The van der Waals surface area contributed by atoms with Crippen LogP contribution in [0.3, 0.4) is 0 Å². The number of hydrogen-bond donors (Lipinski definition) is 0. The first kappa shape index (κ1) is 33.2. The summed E-state index contributed by atoms with van der Waals surface area (Å²) < 4.78 is 0. The van der Waals surface area contributed by atoms with E-state index < -0.39 is 0 Å². The predicted molar refractivity (Wildman–Crippen MR) is 226 cm³/mol. The van der Waals surface area contributed by atoms with Gasteiger partial charge in [0, 0.05) is 22.2 Å². The maximum absolute atomic E-state index is 2.53. The summed E-state index contributed by atoms with van der Waals surface area (Å²) in [4.78, 5) is 2.53. The van der Waals surface area contributed by atoms with Crippen LogP contribution in [0.2, 0.25) is 0 Å². The third-order valence-electron chi connectivity index (χ3n) is 12.0. The fourth-order valence-corrected chi connectivity index (χ4v) is 9.26. The van der Waals surface area contributed by atoms with Crippen molar-refractivity contribution >= 4 is 17.1 Å². The van der Waals surface area contributed by atoms with Gasteiger partial charge in [0.2, 0.25) is 0 Å². The Morgan fingerprint density at radius 1 is 0.396 bits per heavy atom. The van der Waals surface area contributed by atoms with Gasteiger partial charge in [-0.1, -0.05) is 170 Å². The van der Waals surface area contributed by atoms with Gasteiger partial charge in [0.1, 0.15) is 0 Å². The molecule has 1 heteroatoms. The van der Waals surface area contributed by atoms with Gasteiger partial charge < -0.3 is 4.90 Å². The first-order valence-corrected chi connectivity index (χ1v) is 19.0. The number of fused-ring (bicyclic) bond motifs is 6. The van der Waals surface area contributed by atoms with Crippen LogP contribution in [-0.4, -0.2) is 0 Å². The van der Waals surface area contributed by atoms with E-state index >= 15 is 0 Å². The molecule has 0 aromatic heterocycles. The lowest BCUT2D eigenvalue weighted by atomic mass is 9.80. The predicted octanol–water partition coefficient (Wildman–Crippen LogP) is 14.4. The molecule has 260 valence electrons. The number of nitrogens with zero attached hydrogens (tertiary/aromatic N) is 1. The summed E-state index contributed by atoms with van der Waals surface area (Å²) in [5, 5.41) is 0. The van der Waals surface area contributed by atoms with Gasteiger partial charge in [-0.15, -0.1) is 0 Å². The minimum atomic E-state index is -0.166. The highest BCUT2D eigenvalue weighted by atomic mass is 15.1. The minimum absolute atomic E-state index is 0.000976. The van der Waals surface area contributed by atoms with E-state index in [1.807, 2.05) is 0 Å². The van der Waals surface area contributed by atoms with Crippen molar-refractivity contribution in [2.24, 2.45) is 0 Å². The molecule has 0 saturated carbocycles. The highest BCUT2D eigenvalue weighted by Gasteiger charge is 2.39. The zero-order chi connectivity index (χ0) is 36.7. The van der Waals surface area contributed by atoms with Crippen molar-refractivity contribution in [2.75, 3.05) is 4.90 Å². The number of rotatable bonds is 5. The molecule has 2 aliphatic rings. The smallest absolute Gasteiger partial charge is 0.0508 e. The molecular weight excluding hydrogens is 639 g/mol. The van der Waals surface area contributed by atoms with E-state index in [2.05, 4.69) is 211 Å². The standard InChI is InChI=1S/C52H47N/c1-50(2,3)46-33-37(34-16-9-8-10-17-34)27-31-47(46)53(48-23-15-20-41-39-18-11-14-22-44(39)52(6,7)49(41)48)38-28-24-35(25-29-38)36-26-30-45-42(32-36)40-19-12-13-21-43(40)51(45,4)5/h8-33H,1-7H3. The summed E-state index contributed by atoms with van der Waals surface area (Å²) in [7, 11) is 0. The van der Waals surface area contributed by atoms with Crippen LogP contribution in [-0.2, 0) is 16.2 Å². The van der Waals surface area contributed by atoms with Gasteiger partial charge >= 0.3 is 0 Å². The van der Waals surface area contributed by atoms with Crippen molar-refractivity contribution in [1.29, 1.82) is 0 Å². The summed E-state index contributed by atoms with van der Waals surface area (Å²) in [5.74, 6) is 0. The van der Waals surface area contributed by atoms with E-state index in [-0.39, 0.29) is 16.2 Å². The molecular formula is C52H47N. The van der Waals surface area contributed by atoms with Crippen LogP contribution in [0.4, 0.5) is 17.1 Å². The van der Waals surface area contributed by atoms with Gasteiger partial charge in [0.05, 0.1) is 5.69 Å². The van der Waals surface area contributed by atoms with Gasteiger partial charge in [0.15, 0.2) is 0 Å². The summed E-state index contributed by atoms with van der Waals surface area (Å²) in [6.45, 7) is 16.5. The van der Waals surface area contributed by atoms with Crippen LogP contribution in [0.15, 0.2) is 158 Å². The molecule has 0 N–H and O–H groups in total. The Morgan fingerprint density at radius 2 is 0.925 bits per heavy atom. The van der Waals surface area contributed by atoms with Crippen LogP contribution >= 0.6 is 0 Å². The van der Waals surface area contributed by atoms with Crippen molar-refractivity contribution in [3.05, 3.63) is 186 Å². The lowest BCUT2D eigenvalue weighted by Gasteiger charge is -2.36. The molecule has 0 atom stereocenters. The molecule has 0 spiro atoms. The van der Waals surface area contributed by atoms with E-state index in [4.69, 9.17) is 0 Å². The van der Waals surface area contributed by atoms with Gasteiger partial charge in [-0.05, 0) is 114 Å². The summed E-state index contributed by atoms with van der Waals surface area (Å²) in [5.41, 5.74) is 20.5. The van der Waals surface area contributed by atoms with Crippen molar-refractivity contribution in [1.82, 2.24) is 0 Å². The molecule has 0 aliphatic heterocycles. The molecule has 0 saturated heterocycles. The second kappa shape index (κ2) is 11.9. The Labute approximate surface area is 315 Å². The fraction of sp³-hybridized carbons (Fsp3) is 0.192. The molecule has 0 fully saturated rings. The molecule has 53 heavy (non-hydrogen) atoms. The normalized spacial score (nSPS) is 14.6. The first-order chi connectivity index (χ1) is 25.4. The number of hydrogen-bond acceptors (Lipinski definition) is 1. The van der Waals surface area contributed by atoms with Crippen LogP contribution in [0.5, 0.6) is 0 Å². The third kappa shape index (κ3) is 5.20. The minimum Gasteiger partial charge on any atom is -0.310 e. The van der Waals surface area contributed by atoms with Crippen LogP contribution < -0.4 is 4.90 Å². The van der Waals surface area contributed by atoms with E-state index in [0.717, 1.165) is 5.69 Å². The maximum Gasteiger partial charge on any atom is 0.0508 e. The summed E-state index contributed by atoms with van der Waals surface area (Å²) >= 11 is 0. The molecule has 1 nitrogen and oxygen atoms in total. The highest BCUT2D eigenvalue weighted by molar-refractivity contribution is 5.92. The average Bonchev–Trinajstić information content (AvgIpc) is 3.55. The Bertz CT molecular complexity index is 2530. The number of benzene rings is 7. The largest absolute Gasteiger partial charge is 0.310 e. The van der Waals surface area contributed by atoms with Gasteiger partial charge in [-0.2, -0.15) is 0 Å². The molecule has 7 aromatic rings. The van der Waals surface area contributed by atoms with Crippen LogP contribution in [0.25, 0.3) is 44.5 Å². The van der Waals surface area contributed by atoms with Gasteiger partial charge in [0.25, 0.3) is 0 Å². The molecule has 0 unspecified atom stereocenters. The fourth-order valence-electron chi connectivity index (χ4n) is 9.26. The van der Waals surface area contributed by atoms with Crippen molar-refractivity contribution in [3.8, 4) is 44.5 Å². The average molecular weight is 686 g/mol. The molecule has 0 radical (unpaired) electrons. The maximum atomic E-state index is 2.53. The zero-order valence-corrected chi connectivity index (χ0v) is 32.0. The van der Waals surface area contributed by atoms with Crippen molar-refractivity contribution < 1.29 is 0 Å². The Balaban J connectivity index is 1.22. The van der Waals surface area contributed by atoms with Gasteiger partial charge in [-0.3, -0.25) is 0 Å². The Kier molecular flexibility index (Phi) is 7.48. The van der Waals surface area contributed by atoms with Crippen molar-refractivity contribution in [3.63, 3.8) is 0 Å². The second-order valence-corrected chi connectivity index (χ2v) is 17.0. The lowest BCUT2D eigenvalue weighted by Crippen LogP contribution is -2.23. The topological polar surface area (TPSA) is 3.24 Å². The zero-order valence-electron chi connectivity index (χ0n) is 32.0. The molecule has 0 amide bonds. The van der Waals surface area contributed by atoms with E-state index in [1.165, 1.54) is 83.7 Å². The molecule has 2 aliphatic carbocycles. The van der Waals surface area contributed by atoms with Crippen LogP contribution in [0.1, 0.15) is 76.3 Å². The lowest BCUT2D eigenvalue weighted by molar-refractivity contribution is 0.591. The quantitative estimate of drug-likeness (QED) is 0.174. The number of anilines is 3. The highest BCUT2D eigenvalue weighted by Crippen LogP contribution is 2.55. The molecule has 9 rings (SSSR count). The van der Waals surface area contributed by atoms with E-state index in [0.29, 0.717) is 0 Å². The summed E-state index contributed by atoms with van der Waals surface area (Å²) in [6, 6.07) is 58.9. The third-order valence-corrected chi connectivity index (χ3v) is 12.0. The Morgan fingerprint density at radius 3 is 1.62 bits per heavy atom. The second-order valence-electron chi connectivity index (χ2n) is 17.0. The SMILES string of the molecule is CC(C)(C)c1cc(-c2ccccc2)ccc1N(c1ccc(-c2ccc3c(c2)-c2ccccc2C3(C)C)cc1)c1cccc2c1C(C)(C)c1ccccc1-2. The first-order valence-electron chi connectivity index (χ1n) is 19.0. The van der Waals surface area contributed by atoms with E-state index in [9.17, 15) is 0 Å². The molecule has 0 heterocycles. The van der Waals surface area contributed by atoms with Gasteiger partial charge in [-0.25, -0.2) is 0 Å². The molecule has 0 bridgehead atoms. The van der Waals surface area contributed by atoms with Crippen LogP contribution in [0, 0.1) is 0 Å². The van der Waals surface area contributed by atoms with E-state index in [1.54, 1.807) is 0 Å². The Hall–Kier alpha value is -5.66. The summed E-state index contributed by atoms with van der Waals surface area (Å²) in [6.07, 6.45) is 0.